The maximum absolute atomic E-state index is 12.2. The molecular weight excluding hydrogens is 292 g/mol. The van der Waals surface area contributed by atoms with Crippen LogP contribution >= 0.6 is 0 Å². The molecule has 5 heteroatoms. The number of fused-ring (bicyclic) bond motifs is 1. The Labute approximate surface area is 131 Å². The normalized spacial score (nSPS) is 11.0. The van der Waals surface area contributed by atoms with Crippen molar-refractivity contribution in [2.45, 2.75) is 6.92 Å². The Bertz CT molecular complexity index is 1050. The van der Waals surface area contributed by atoms with E-state index in [1.807, 2.05) is 49.4 Å². The molecule has 0 fully saturated rings. The van der Waals surface area contributed by atoms with Crippen molar-refractivity contribution in [1.82, 2.24) is 10.1 Å². The van der Waals surface area contributed by atoms with Crippen LogP contribution in [0.4, 0.5) is 0 Å². The predicted octanol–water partition coefficient (Wildman–Crippen LogP) is 3.82. The topological polar surface area (TPSA) is 69.1 Å². The molecule has 0 aliphatic carbocycles. The van der Waals surface area contributed by atoms with Crippen LogP contribution in [0.1, 0.15) is 5.56 Å². The standard InChI is InChI=1S/C18H12N2O3/c1-11-7-8-15-13(9-11)10-14(18(21)22-15)17-19-16(20-23-17)12-5-3-2-4-6-12/h2-10H,1H3. The molecule has 0 N–H and O–H groups in total. The number of rotatable bonds is 2. The molecule has 4 rings (SSSR count). The third kappa shape index (κ3) is 2.42. The smallest absolute Gasteiger partial charge is 0.349 e. The summed E-state index contributed by atoms with van der Waals surface area (Å²) in [6, 6.07) is 16.8. The Morgan fingerprint density at radius 1 is 1.00 bits per heavy atom. The highest BCUT2D eigenvalue weighted by Gasteiger charge is 2.15. The van der Waals surface area contributed by atoms with Crippen molar-refractivity contribution in [2.24, 2.45) is 0 Å². The van der Waals surface area contributed by atoms with Gasteiger partial charge < -0.3 is 8.94 Å². The van der Waals surface area contributed by atoms with Crippen molar-refractivity contribution in [1.29, 1.82) is 0 Å². The molecule has 0 atom stereocenters. The zero-order valence-corrected chi connectivity index (χ0v) is 12.3. The molecule has 2 aromatic carbocycles. The van der Waals surface area contributed by atoms with E-state index in [0.717, 1.165) is 16.5 Å². The van der Waals surface area contributed by atoms with Crippen molar-refractivity contribution < 1.29 is 8.94 Å². The first-order valence-electron chi connectivity index (χ1n) is 7.15. The van der Waals surface area contributed by atoms with Crippen molar-refractivity contribution in [3.8, 4) is 22.8 Å². The monoisotopic (exact) mass is 304 g/mol. The van der Waals surface area contributed by atoms with Crippen molar-refractivity contribution in [3.05, 3.63) is 70.6 Å². The van der Waals surface area contributed by atoms with Gasteiger partial charge in [0.15, 0.2) is 0 Å². The zero-order chi connectivity index (χ0) is 15.8. The first-order valence-corrected chi connectivity index (χ1v) is 7.15. The SMILES string of the molecule is Cc1ccc2oc(=O)c(-c3nc(-c4ccccc4)no3)cc2c1. The molecule has 23 heavy (non-hydrogen) atoms. The Kier molecular flexibility index (Phi) is 3.05. The molecule has 5 nitrogen and oxygen atoms in total. The maximum Gasteiger partial charge on any atom is 0.349 e. The van der Waals surface area contributed by atoms with E-state index in [2.05, 4.69) is 10.1 Å². The summed E-state index contributed by atoms with van der Waals surface area (Å²) in [7, 11) is 0. The van der Waals surface area contributed by atoms with Crippen LogP contribution in [0, 0.1) is 6.92 Å². The van der Waals surface area contributed by atoms with Gasteiger partial charge in [0.2, 0.25) is 5.82 Å². The number of hydrogen-bond donors (Lipinski definition) is 0. The summed E-state index contributed by atoms with van der Waals surface area (Å²) in [5, 5.41) is 4.75. The van der Waals surface area contributed by atoms with Crippen LogP contribution in [0.2, 0.25) is 0 Å². The Morgan fingerprint density at radius 2 is 1.83 bits per heavy atom. The molecule has 0 aliphatic rings. The fraction of sp³-hybridized carbons (Fsp3) is 0.0556. The molecule has 0 radical (unpaired) electrons. The quantitative estimate of drug-likeness (QED) is 0.527. The third-order valence-electron chi connectivity index (χ3n) is 3.58. The average Bonchev–Trinajstić information content (AvgIpc) is 3.05. The summed E-state index contributed by atoms with van der Waals surface area (Å²) >= 11 is 0. The van der Waals surface area contributed by atoms with E-state index in [1.165, 1.54) is 0 Å². The molecule has 0 unspecified atom stereocenters. The molecular formula is C18H12N2O3. The molecule has 112 valence electrons. The van der Waals surface area contributed by atoms with Gasteiger partial charge in [0, 0.05) is 10.9 Å². The van der Waals surface area contributed by atoms with Gasteiger partial charge in [-0.05, 0) is 25.1 Å². The van der Waals surface area contributed by atoms with E-state index in [9.17, 15) is 4.79 Å². The molecule has 0 saturated heterocycles. The van der Waals surface area contributed by atoms with Gasteiger partial charge >= 0.3 is 5.63 Å². The fourth-order valence-electron chi connectivity index (χ4n) is 2.43. The van der Waals surface area contributed by atoms with Crippen LogP contribution in [0.15, 0.2) is 68.3 Å². The summed E-state index contributed by atoms with van der Waals surface area (Å²) < 4.78 is 10.6. The van der Waals surface area contributed by atoms with E-state index in [0.29, 0.717) is 11.4 Å². The maximum atomic E-state index is 12.2. The number of nitrogens with zero attached hydrogens (tertiary/aromatic N) is 2. The number of hydrogen-bond acceptors (Lipinski definition) is 5. The Hall–Kier alpha value is -3.21. The summed E-state index contributed by atoms with van der Waals surface area (Å²) in [6.45, 7) is 1.98. The lowest BCUT2D eigenvalue weighted by atomic mass is 10.1. The van der Waals surface area contributed by atoms with Crippen molar-refractivity contribution in [3.63, 3.8) is 0 Å². The van der Waals surface area contributed by atoms with E-state index >= 15 is 0 Å². The van der Waals surface area contributed by atoms with E-state index < -0.39 is 5.63 Å². The Balaban J connectivity index is 1.85. The zero-order valence-electron chi connectivity index (χ0n) is 12.3. The minimum atomic E-state index is -0.496. The van der Waals surface area contributed by atoms with Crippen molar-refractivity contribution >= 4 is 11.0 Å². The lowest BCUT2D eigenvalue weighted by Gasteiger charge is -1.99. The van der Waals surface area contributed by atoms with Gasteiger partial charge in [-0.3, -0.25) is 0 Å². The molecule has 0 spiro atoms. The van der Waals surface area contributed by atoms with Gasteiger partial charge in [0.05, 0.1) is 0 Å². The minimum Gasteiger partial charge on any atom is -0.422 e. The van der Waals surface area contributed by atoms with Gasteiger partial charge in [0.25, 0.3) is 5.89 Å². The highest BCUT2D eigenvalue weighted by molar-refractivity contribution is 5.81. The second-order valence-electron chi connectivity index (χ2n) is 5.28. The molecule has 2 heterocycles. The fourth-order valence-corrected chi connectivity index (χ4v) is 2.43. The molecule has 0 saturated carbocycles. The van der Waals surface area contributed by atoms with Gasteiger partial charge in [0.1, 0.15) is 11.1 Å². The number of aromatic nitrogens is 2. The van der Waals surface area contributed by atoms with Gasteiger partial charge in [-0.1, -0.05) is 47.1 Å². The molecule has 0 amide bonds. The highest BCUT2D eigenvalue weighted by atomic mass is 16.5. The largest absolute Gasteiger partial charge is 0.422 e. The van der Waals surface area contributed by atoms with Crippen LogP contribution < -0.4 is 5.63 Å². The summed E-state index contributed by atoms with van der Waals surface area (Å²) in [5.74, 6) is 0.588. The first kappa shape index (κ1) is 13.5. The van der Waals surface area contributed by atoms with Crippen LogP contribution in [0.3, 0.4) is 0 Å². The summed E-state index contributed by atoms with van der Waals surface area (Å²) in [6.07, 6.45) is 0. The minimum absolute atomic E-state index is 0.154. The van der Waals surface area contributed by atoms with E-state index in [1.54, 1.807) is 12.1 Å². The summed E-state index contributed by atoms with van der Waals surface area (Å²) in [4.78, 5) is 16.5. The lowest BCUT2D eigenvalue weighted by molar-refractivity contribution is 0.429. The van der Waals surface area contributed by atoms with Crippen LogP contribution in [-0.4, -0.2) is 10.1 Å². The number of benzene rings is 2. The van der Waals surface area contributed by atoms with Crippen LogP contribution in [0.25, 0.3) is 33.8 Å². The average molecular weight is 304 g/mol. The van der Waals surface area contributed by atoms with Crippen LogP contribution in [0.5, 0.6) is 0 Å². The van der Waals surface area contributed by atoms with E-state index in [-0.39, 0.29) is 11.5 Å². The van der Waals surface area contributed by atoms with Gasteiger partial charge in [-0.15, -0.1) is 0 Å². The van der Waals surface area contributed by atoms with Gasteiger partial charge in [-0.2, -0.15) is 4.98 Å². The third-order valence-corrected chi connectivity index (χ3v) is 3.58. The lowest BCUT2D eigenvalue weighted by Crippen LogP contribution is -2.02. The molecule has 0 aliphatic heterocycles. The second-order valence-corrected chi connectivity index (χ2v) is 5.28. The molecule has 4 aromatic rings. The molecule has 2 aromatic heterocycles. The predicted molar refractivity (Wildman–Crippen MR) is 85.9 cm³/mol. The highest BCUT2D eigenvalue weighted by Crippen LogP contribution is 2.23. The van der Waals surface area contributed by atoms with Crippen molar-refractivity contribution in [2.75, 3.05) is 0 Å². The van der Waals surface area contributed by atoms with Gasteiger partial charge in [-0.25, -0.2) is 4.79 Å². The summed E-state index contributed by atoms with van der Waals surface area (Å²) in [5.41, 5.74) is 2.20. The molecule has 0 bridgehead atoms. The second kappa shape index (κ2) is 5.21. The Morgan fingerprint density at radius 3 is 2.65 bits per heavy atom. The van der Waals surface area contributed by atoms with Crippen LogP contribution in [-0.2, 0) is 0 Å². The number of aryl methyl sites for hydroxylation is 1. The van der Waals surface area contributed by atoms with E-state index in [4.69, 9.17) is 8.94 Å². The first-order chi connectivity index (χ1) is 11.2.